The van der Waals surface area contributed by atoms with Crippen LogP contribution in [-0.2, 0) is 11.3 Å². The van der Waals surface area contributed by atoms with Crippen molar-refractivity contribution in [3.05, 3.63) is 28.9 Å². The van der Waals surface area contributed by atoms with E-state index in [1.807, 2.05) is 30.5 Å². The molecule has 0 aliphatic carbocycles. The summed E-state index contributed by atoms with van der Waals surface area (Å²) in [5, 5.41) is 1.49. The fourth-order valence-electron chi connectivity index (χ4n) is 2.21. The van der Waals surface area contributed by atoms with Gasteiger partial charge in [0.15, 0.2) is 11.4 Å². The fourth-order valence-corrected chi connectivity index (χ4v) is 2.38. The Kier molecular flexibility index (Phi) is 4.00. The number of benzene rings is 1. The van der Waals surface area contributed by atoms with Gasteiger partial charge in [0.2, 0.25) is 0 Å². The molecule has 0 amide bonds. The molecular weight excluding hydrogens is 266 g/mol. The molecule has 102 valence electrons. The van der Waals surface area contributed by atoms with Crippen molar-refractivity contribution in [3.8, 4) is 5.75 Å². The molecule has 19 heavy (non-hydrogen) atoms. The number of aromatic nitrogens is 1. The summed E-state index contributed by atoms with van der Waals surface area (Å²) in [7, 11) is 1.36. The van der Waals surface area contributed by atoms with Gasteiger partial charge in [-0.15, -0.1) is 0 Å². The van der Waals surface area contributed by atoms with E-state index in [1.165, 1.54) is 7.11 Å². The summed E-state index contributed by atoms with van der Waals surface area (Å²) < 4.78 is 12.3. The highest BCUT2D eigenvalue weighted by Crippen LogP contribution is 2.35. The van der Waals surface area contributed by atoms with Crippen LogP contribution in [-0.4, -0.2) is 24.3 Å². The first-order valence-corrected chi connectivity index (χ1v) is 6.54. The zero-order valence-corrected chi connectivity index (χ0v) is 12.0. The van der Waals surface area contributed by atoms with E-state index in [9.17, 15) is 4.79 Å². The molecular formula is C14H16ClNO3. The summed E-state index contributed by atoms with van der Waals surface area (Å²) in [6, 6.07) is 5.48. The molecule has 0 atom stereocenters. The van der Waals surface area contributed by atoms with E-state index in [1.54, 1.807) is 6.07 Å². The molecule has 2 rings (SSSR count). The molecule has 1 aromatic carbocycles. The summed E-state index contributed by atoms with van der Waals surface area (Å²) in [6.45, 7) is 4.96. The van der Waals surface area contributed by atoms with Gasteiger partial charge in [-0.1, -0.05) is 11.6 Å². The number of fused-ring (bicyclic) bond motifs is 1. The summed E-state index contributed by atoms with van der Waals surface area (Å²) in [4.78, 5) is 12.0. The van der Waals surface area contributed by atoms with E-state index in [-0.39, 0.29) is 0 Å². The van der Waals surface area contributed by atoms with E-state index in [2.05, 4.69) is 0 Å². The van der Waals surface area contributed by atoms with Gasteiger partial charge in [-0.2, -0.15) is 0 Å². The number of carbonyl (C=O) groups excluding carboxylic acids is 1. The minimum absolute atomic E-state index is 0.405. The van der Waals surface area contributed by atoms with Crippen LogP contribution in [0.25, 0.3) is 10.9 Å². The van der Waals surface area contributed by atoms with Crippen LogP contribution in [0.15, 0.2) is 18.2 Å². The molecule has 1 heterocycles. The third kappa shape index (κ3) is 2.28. The Balaban J connectivity index is 2.81. The topological polar surface area (TPSA) is 40.5 Å². The monoisotopic (exact) mass is 281 g/mol. The van der Waals surface area contributed by atoms with E-state index in [0.717, 1.165) is 10.9 Å². The number of rotatable bonds is 4. The maximum absolute atomic E-state index is 12.0. The summed E-state index contributed by atoms with van der Waals surface area (Å²) >= 11 is 6.03. The molecule has 0 radical (unpaired) electrons. The number of nitrogens with zero attached hydrogens (tertiary/aromatic N) is 1. The Morgan fingerprint density at radius 2 is 2.11 bits per heavy atom. The van der Waals surface area contributed by atoms with Gasteiger partial charge in [-0.05, 0) is 32.0 Å². The first-order valence-electron chi connectivity index (χ1n) is 6.16. The summed E-state index contributed by atoms with van der Waals surface area (Å²) in [5.74, 6) is 0.153. The minimum Gasteiger partial charge on any atom is -0.491 e. The molecule has 0 saturated carbocycles. The van der Waals surface area contributed by atoms with Crippen LogP contribution in [0.4, 0.5) is 0 Å². The number of esters is 1. The van der Waals surface area contributed by atoms with E-state index < -0.39 is 5.97 Å². The number of carbonyl (C=O) groups is 1. The van der Waals surface area contributed by atoms with Gasteiger partial charge in [0.1, 0.15) is 0 Å². The van der Waals surface area contributed by atoms with Crippen LogP contribution in [0, 0.1) is 0 Å². The van der Waals surface area contributed by atoms with Gasteiger partial charge < -0.3 is 14.0 Å². The van der Waals surface area contributed by atoms with Crippen molar-refractivity contribution in [2.75, 3.05) is 13.7 Å². The van der Waals surface area contributed by atoms with Crippen molar-refractivity contribution in [1.82, 2.24) is 4.57 Å². The van der Waals surface area contributed by atoms with Gasteiger partial charge in [0.05, 0.1) is 19.2 Å². The summed E-state index contributed by atoms with van der Waals surface area (Å²) in [5.41, 5.74) is 1.31. The Morgan fingerprint density at radius 1 is 1.37 bits per heavy atom. The fraction of sp³-hybridized carbons (Fsp3) is 0.357. The molecule has 1 aromatic heterocycles. The normalized spacial score (nSPS) is 10.7. The smallest absolute Gasteiger partial charge is 0.358 e. The zero-order chi connectivity index (χ0) is 14.0. The second-order valence-corrected chi connectivity index (χ2v) is 4.44. The summed E-state index contributed by atoms with van der Waals surface area (Å²) in [6.07, 6.45) is 0. The molecule has 0 aliphatic rings. The van der Waals surface area contributed by atoms with Crippen LogP contribution in [0.5, 0.6) is 5.75 Å². The number of hydrogen-bond acceptors (Lipinski definition) is 3. The van der Waals surface area contributed by atoms with Crippen molar-refractivity contribution in [2.45, 2.75) is 20.4 Å². The lowest BCUT2D eigenvalue weighted by molar-refractivity contribution is 0.0584. The highest BCUT2D eigenvalue weighted by Gasteiger charge is 2.24. The van der Waals surface area contributed by atoms with Crippen LogP contribution in [0.2, 0.25) is 5.02 Å². The maximum atomic E-state index is 12.0. The molecule has 0 aliphatic heterocycles. The number of methoxy groups -OCH3 is 1. The lowest BCUT2D eigenvalue weighted by Crippen LogP contribution is -2.11. The van der Waals surface area contributed by atoms with Gasteiger partial charge in [0.25, 0.3) is 0 Å². The number of aryl methyl sites for hydroxylation is 1. The molecule has 0 unspecified atom stereocenters. The van der Waals surface area contributed by atoms with Gasteiger partial charge in [-0.25, -0.2) is 4.79 Å². The Bertz CT molecular complexity index is 619. The number of ether oxygens (including phenoxy) is 2. The average molecular weight is 282 g/mol. The standard InChI is InChI=1S/C14H16ClNO3/c1-4-16-11-8-9(15)6-7-10(11)13(19-5-2)12(16)14(17)18-3/h6-8H,4-5H2,1-3H3. The molecule has 0 fully saturated rings. The Labute approximate surface area is 116 Å². The molecule has 4 nitrogen and oxygen atoms in total. The second kappa shape index (κ2) is 5.53. The largest absolute Gasteiger partial charge is 0.491 e. The van der Waals surface area contributed by atoms with Gasteiger partial charge in [0, 0.05) is 17.0 Å². The first-order chi connectivity index (χ1) is 9.13. The first kappa shape index (κ1) is 13.7. The lowest BCUT2D eigenvalue weighted by Gasteiger charge is -2.08. The Hall–Kier alpha value is -1.68. The van der Waals surface area contributed by atoms with Crippen molar-refractivity contribution in [2.24, 2.45) is 0 Å². The van der Waals surface area contributed by atoms with Crippen LogP contribution >= 0.6 is 11.6 Å². The predicted molar refractivity (Wildman–Crippen MR) is 75.1 cm³/mol. The average Bonchev–Trinajstić information content (AvgIpc) is 2.71. The predicted octanol–water partition coefficient (Wildman–Crippen LogP) is 3.50. The maximum Gasteiger partial charge on any atom is 0.358 e. The molecule has 2 aromatic rings. The van der Waals surface area contributed by atoms with Crippen LogP contribution in [0.1, 0.15) is 24.3 Å². The molecule has 5 heteroatoms. The van der Waals surface area contributed by atoms with E-state index in [4.69, 9.17) is 21.1 Å². The van der Waals surface area contributed by atoms with Crippen molar-refractivity contribution >= 4 is 28.5 Å². The van der Waals surface area contributed by atoms with Crippen LogP contribution < -0.4 is 4.74 Å². The third-order valence-corrected chi connectivity index (χ3v) is 3.20. The van der Waals surface area contributed by atoms with Crippen molar-refractivity contribution in [3.63, 3.8) is 0 Å². The van der Waals surface area contributed by atoms with Crippen molar-refractivity contribution in [1.29, 1.82) is 0 Å². The Morgan fingerprint density at radius 3 is 2.68 bits per heavy atom. The third-order valence-electron chi connectivity index (χ3n) is 2.96. The second-order valence-electron chi connectivity index (χ2n) is 4.01. The van der Waals surface area contributed by atoms with E-state index >= 15 is 0 Å². The van der Waals surface area contributed by atoms with Gasteiger partial charge in [-0.3, -0.25) is 0 Å². The van der Waals surface area contributed by atoms with Gasteiger partial charge >= 0.3 is 5.97 Å². The zero-order valence-electron chi connectivity index (χ0n) is 11.2. The number of halogens is 1. The molecule has 0 N–H and O–H groups in total. The highest BCUT2D eigenvalue weighted by molar-refractivity contribution is 6.31. The quantitative estimate of drug-likeness (QED) is 0.805. The molecule has 0 bridgehead atoms. The van der Waals surface area contributed by atoms with Crippen LogP contribution in [0.3, 0.4) is 0 Å². The lowest BCUT2D eigenvalue weighted by atomic mass is 10.2. The SMILES string of the molecule is CCOc1c(C(=O)OC)n(CC)c2cc(Cl)ccc12. The van der Waals surface area contributed by atoms with E-state index in [0.29, 0.717) is 29.6 Å². The minimum atomic E-state index is -0.405. The molecule has 0 saturated heterocycles. The highest BCUT2D eigenvalue weighted by atomic mass is 35.5. The number of hydrogen-bond donors (Lipinski definition) is 0. The van der Waals surface area contributed by atoms with Crippen molar-refractivity contribution < 1.29 is 14.3 Å². The molecule has 0 spiro atoms.